The first-order chi connectivity index (χ1) is 9.74. The van der Waals surface area contributed by atoms with E-state index in [4.69, 9.17) is 13.9 Å². The molecule has 3 rings (SSSR count). The molecule has 5 heteroatoms. The Balaban J connectivity index is 1.66. The molecular weight excluding hydrogens is 258 g/mol. The Morgan fingerprint density at radius 3 is 2.60 bits per heavy atom. The maximum atomic E-state index is 12.2. The smallest absolute Gasteiger partial charge is 0.265 e. The topological polar surface area (TPSA) is 60.7 Å². The van der Waals surface area contributed by atoms with E-state index in [1.807, 2.05) is 25.1 Å². The standard InChI is InChI=1S/C15H15NO4/c1-10-14(15(17)16-9-11-5-4-8-18-11)20-13-7-3-2-6-12(13)19-10/h2-8,10,14H,9H2,1H3,(H,16,17)/t10-,14-/m1/s1. The van der Waals surface area contributed by atoms with E-state index in [1.54, 1.807) is 24.5 Å². The molecule has 1 amide bonds. The van der Waals surface area contributed by atoms with Gasteiger partial charge in [0.2, 0.25) is 6.10 Å². The summed E-state index contributed by atoms with van der Waals surface area (Å²) in [6, 6.07) is 10.9. The molecule has 2 heterocycles. The summed E-state index contributed by atoms with van der Waals surface area (Å²) < 4.78 is 16.6. The summed E-state index contributed by atoms with van der Waals surface area (Å²) >= 11 is 0. The molecule has 104 valence electrons. The minimum atomic E-state index is -0.667. The van der Waals surface area contributed by atoms with Gasteiger partial charge in [-0.15, -0.1) is 0 Å². The van der Waals surface area contributed by atoms with Crippen molar-refractivity contribution in [3.05, 3.63) is 48.4 Å². The van der Waals surface area contributed by atoms with Gasteiger partial charge < -0.3 is 19.2 Å². The van der Waals surface area contributed by atoms with Crippen LogP contribution >= 0.6 is 0 Å². The highest BCUT2D eigenvalue weighted by Crippen LogP contribution is 2.33. The van der Waals surface area contributed by atoms with Gasteiger partial charge in [-0.3, -0.25) is 4.79 Å². The third-order valence-corrected chi connectivity index (χ3v) is 3.12. The highest BCUT2D eigenvalue weighted by Gasteiger charge is 2.33. The van der Waals surface area contributed by atoms with Crippen molar-refractivity contribution in [1.29, 1.82) is 0 Å². The van der Waals surface area contributed by atoms with Gasteiger partial charge in [-0.2, -0.15) is 0 Å². The molecule has 1 aliphatic heterocycles. The normalized spacial score (nSPS) is 20.4. The van der Waals surface area contributed by atoms with Crippen LogP contribution in [0.1, 0.15) is 12.7 Å². The summed E-state index contributed by atoms with van der Waals surface area (Å²) in [6.07, 6.45) is 0.557. The first-order valence-electron chi connectivity index (χ1n) is 6.46. The van der Waals surface area contributed by atoms with Gasteiger partial charge >= 0.3 is 0 Å². The van der Waals surface area contributed by atoms with Crippen molar-refractivity contribution in [2.75, 3.05) is 0 Å². The number of furan rings is 1. The average molecular weight is 273 g/mol. The number of nitrogens with one attached hydrogen (secondary N) is 1. The predicted octanol–water partition coefficient (Wildman–Crippen LogP) is 2.12. The minimum absolute atomic E-state index is 0.219. The molecule has 1 N–H and O–H groups in total. The highest BCUT2D eigenvalue weighted by atomic mass is 16.6. The SMILES string of the molecule is C[C@H]1Oc2ccccc2O[C@H]1C(=O)NCc1ccco1. The van der Waals surface area contributed by atoms with E-state index in [0.717, 1.165) is 0 Å². The molecule has 0 radical (unpaired) electrons. The summed E-state index contributed by atoms with van der Waals surface area (Å²) in [4.78, 5) is 12.2. The molecule has 20 heavy (non-hydrogen) atoms. The third kappa shape index (κ3) is 2.47. The molecule has 0 aliphatic carbocycles. The van der Waals surface area contributed by atoms with Gasteiger partial charge in [0.1, 0.15) is 11.9 Å². The molecule has 0 saturated carbocycles. The first-order valence-corrected chi connectivity index (χ1v) is 6.46. The van der Waals surface area contributed by atoms with Gasteiger partial charge in [0.25, 0.3) is 5.91 Å². The minimum Gasteiger partial charge on any atom is -0.482 e. The van der Waals surface area contributed by atoms with Crippen LogP contribution in [-0.4, -0.2) is 18.1 Å². The van der Waals surface area contributed by atoms with Gasteiger partial charge in [-0.25, -0.2) is 0 Å². The number of para-hydroxylation sites is 2. The summed E-state index contributed by atoms with van der Waals surface area (Å²) in [6.45, 7) is 2.15. The van der Waals surface area contributed by atoms with Crippen LogP contribution in [0.3, 0.4) is 0 Å². The highest BCUT2D eigenvalue weighted by molar-refractivity contribution is 5.82. The number of fused-ring (bicyclic) bond motifs is 1. The molecule has 0 saturated heterocycles. The molecule has 0 unspecified atom stereocenters. The van der Waals surface area contributed by atoms with Crippen molar-refractivity contribution >= 4 is 5.91 Å². The van der Waals surface area contributed by atoms with Gasteiger partial charge in [-0.1, -0.05) is 12.1 Å². The Labute approximate surface area is 116 Å². The number of benzene rings is 1. The van der Waals surface area contributed by atoms with Crippen LogP contribution in [0.15, 0.2) is 47.1 Å². The van der Waals surface area contributed by atoms with E-state index in [2.05, 4.69) is 5.32 Å². The lowest BCUT2D eigenvalue weighted by molar-refractivity contribution is -0.133. The molecule has 0 spiro atoms. The maximum absolute atomic E-state index is 12.2. The van der Waals surface area contributed by atoms with Gasteiger partial charge in [0.15, 0.2) is 11.5 Å². The fourth-order valence-corrected chi connectivity index (χ4v) is 2.09. The lowest BCUT2D eigenvalue weighted by Gasteiger charge is -2.30. The Morgan fingerprint density at radius 2 is 1.90 bits per heavy atom. The predicted molar refractivity (Wildman–Crippen MR) is 71.5 cm³/mol. The fourth-order valence-electron chi connectivity index (χ4n) is 2.09. The number of ether oxygens (including phenoxy) is 2. The van der Waals surface area contributed by atoms with Crippen molar-refractivity contribution in [1.82, 2.24) is 5.32 Å². The number of rotatable bonds is 3. The molecule has 5 nitrogen and oxygen atoms in total. The van der Waals surface area contributed by atoms with Crippen LogP contribution in [-0.2, 0) is 11.3 Å². The number of amides is 1. The number of hydrogen-bond donors (Lipinski definition) is 1. The first kappa shape index (κ1) is 12.6. The maximum Gasteiger partial charge on any atom is 0.265 e. The molecule has 0 bridgehead atoms. The van der Waals surface area contributed by atoms with Crippen LogP contribution in [0, 0.1) is 0 Å². The summed E-state index contributed by atoms with van der Waals surface area (Å²) in [5.41, 5.74) is 0. The van der Waals surface area contributed by atoms with Crippen molar-refractivity contribution in [3.8, 4) is 11.5 Å². The fraction of sp³-hybridized carbons (Fsp3) is 0.267. The van der Waals surface area contributed by atoms with Crippen LogP contribution in [0.4, 0.5) is 0 Å². The average Bonchev–Trinajstić information content (AvgIpc) is 2.97. The van der Waals surface area contributed by atoms with E-state index in [9.17, 15) is 4.79 Å². The summed E-state index contributed by atoms with van der Waals surface area (Å²) in [7, 11) is 0. The molecule has 1 aromatic heterocycles. The molecular formula is C15H15NO4. The van der Waals surface area contributed by atoms with Crippen molar-refractivity contribution < 1.29 is 18.7 Å². The zero-order valence-corrected chi connectivity index (χ0v) is 11.0. The van der Waals surface area contributed by atoms with Crippen LogP contribution < -0.4 is 14.8 Å². The molecule has 2 aromatic rings. The number of carbonyl (C=O) groups excluding carboxylic acids is 1. The summed E-state index contributed by atoms with van der Waals surface area (Å²) in [5.74, 6) is 1.73. The van der Waals surface area contributed by atoms with Gasteiger partial charge in [0.05, 0.1) is 12.8 Å². The van der Waals surface area contributed by atoms with Crippen molar-refractivity contribution in [2.24, 2.45) is 0 Å². The number of carbonyl (C=O) groups is 1. The van der Waals surface area contributed by atoms with E-state index >= 15 is 0 Å². The van der Waals surface area contributed by atoms with E-state index < -0.39 is 6.10 Å². The third-order valence-electron chi connectivity index (χ3n) is 3.12. The second-order valence-corrected chi connectivity index (χ2v) is 4.61. The second-order valence-electron chi connectivity index (χ2n) is 4.61. The Morgan fingerprint density at radius 1 is 1.15 bits per heavy atom. The van der Waals surface area contributed by atoms with Gasteiger partial charge in [0, 0.05) is 0 Å². The number of hydrogen-bond acceptors (Lipinski definition) is 4. The lowest BCUT2D eigenvalue weighted by atomic mass is 10.1. The van der Waals surface area contributed by atoms with Crippen LogP contribution in [0.25, 0.3) is 0 Å². The van der Waals surface area contributed by atoms with Gasteiger partial charge in [-0.05, 0) is 31.2 Å². The molecule has 2 atom stereocenters. The monoisotopic (exact) mass is 273 g/mol. The Kier molecular flexibility index (Phi) is 3.33. The van der Waals surface area contributed by atoms with Crippen LogP contribution in [0.2, 0.25) is 0 Å². The van der Waals surface area contributed by atoms with E-state index in [-0.39, 0.29) is 12.0 Å². The van der Waals surface area contributed by atoms with E-state index in [0.29, 0.717) is 23.8 Å². The second kappa shape index (κ2) is 5.28. The molecule has 1 aromatic carbocycles. The molecule has 0 fully saturated rings. The Hall–Kier alpha value is -2.43. The van der Waals surface area contributed by atoms with E-state index in [1.165, 1.54) is 0 Å². The van der Waals surface area contributed by atoms with Crippen molar-refractivity contribution in [2.45, 2.75) is 25.7 Å². The molecule has 1 aliphatic rings. The summed E-state index contributed by atoms with van der Waals surface area (Å²) in [5, 5.41) is 2.78. The zero-order chi connectivity index (χ0) is 13.9. The quantitative estimate of drug-likeness (QED) is 0.930. The zero-order valence-electron chi connectivity index (χ0n) is 11.0. The van der Waals surface area contributed by atoms with Crippen LogP contribution in [0.5, 0.6) is 11.5 Å². The Bertz CT molecular complexity index is 594. The lowest BCUT2D eigenvalue weighted by Crippen LogP contribution is -2.48. The van der Waals surface area contributed by atoms with Crippen molar-refractivity contribution in [3.63, 3.8) is 0 Å². The largest absolute Gasteiger partial charge is 0.482 e.